The predicted molar refractivity (Wildman–Crippen MR) is 104 cm³/mol. The fourth-order valence-electron chi connectivity index (χ4n) is 2.08. The summed E-state index contributed by atoms with van der Waals surface area (Å²) >= 11 is 3.47. The summed E-state index contributed by atoms with van der Waals surface area (Å²) < 4.78 is 6.40. The minimum atomic E-state index is -0.0703. The number of nitrogens with one attached hydrogen (secondary N) is 1. The molecular weight excluding hydrogens is 366 g/mol. The number of halogens is 1. The van der Waals surface area contributed by atoms with Crippen molar-refractivity contribution in [3.8, 4) is 0 Å². The summed E-state index contributed by atoms with van der Waals surface area (Å²) in [5, 5.41) is 7.48. The second-order valence-electron chi connectivity index (χ2n) is 6.51. The maximum Gasteiger partial charge on any atom is 0.232 e. The lowest BCUT2D eigenvalue weighted by Gasteiger charge is -2.10. The van der Waals surface area contributed by atoms with Gasteiger partial charge in [0.25, 0.3) is 0 Å². The first-order valence-corrected chi connectivity index (χ1v) is 9.07. The molecular formula is C19H28BrN3O. The van der Waals surface area contributed by atoms with E-state index >= 15 is 0 Å². The maximum atomic E-state index is 5.30. The Morgan fingerprint density at radius 1 is 1.17 bits per heavy atom. The molecule has 4 nitrogen and oxygen atoms in total. The molecule has 1 N–H and O–H groups in total. The van der Waals surface area contributed by atoms with Crippen molar-refractivity contribution in [1.82, 2.24) is 10.1 Å². The third kappa shape index (κ3) is 7.30. The van der Waals surface area contributed by atoms with E-state index in [0.717, 1.165) is 54.1 Å². The van der Waals surface area contributed by atoms with Gasteiger partial charge < -0.3 is 9.84 Å². The highest BCUT2D eigenvalue weighted by Gasteiger charge is 2.21. The quantitative estimate of drug-likeness (QED) is 0.479. The van der Waals surface area contributed by atoms with Crippen molar-refractivity contribution in [3.63, 3.8) is 0 Å². The number of aryl methyl sites for hydroxylation is 1. The van der Waals surface area contributed by atoms with Gasteiger partial charge in [-0.1, -0.05) is 54.3 Å². The van der Waals surface area contributed by atoms with E-state index in [2.05, 4.69) is 77.4 Å². The first-order valence-electron chi connectivity index (χ1n) is 8.27. The average molecular weight is 394 g/mol. The molecule has 0 atom stereocenters. The van der Waals surface area contributed by atoms with Crippen LogP contribution in [0.5, 0.6) is 0 Å². The number of unbranched alkanes of at least 4 members (excludes halogenated alkanes) is 2. The molecule has 0 aliphatic heterocycles. The minimum Gasteiger partial charge on any atom is -0.385 e. The van der Waals surface area contributed by atoms with Gasteiger partial charge in [-0.05, 0) is 31.0 Å². The van der Waals surface area contributed by atoms with Crippen LogP contribution in [0.1, 0.15) is 51.7 Å². The van der Waals surface area contributed by atoms with E-state index in [4.69, 9.17) is 4.52 Å². The lowest BCUT2D eigenvalue weighted by Crippen LogP contribution is -2.11. The highest BCUT2D eigenvalue weighted by atomic mass is 79.9. The number of hydrogen-bond acceptors (Lipinski definition) is 4. The number of rotatable bonds is 7. The van der Waals surface area contributed by atoms with Gasteiger partial charge in [-0.25, -0.2) is 0 Å². The fraction of sp³-hybridized carbons (Fsp3) is 0.474. The van der Waals surface area contributed by atoms with Gasteiger partial charge in [0, 0.05) is 28.5 Å². The molecule has 1 aromatic heterocycles. The van der Waals surface area contributed by atoms with Crippen LogP contribution in [0, 0.1) is 0 Å². The number of aromatic nitrogens is 2. The zero-order valence-electron chi connectivity index (χ0n) is 14.9. The normalized spacial score (nSPS) is 10.8. The van der Waals surface area contributed by atoms with Crippen molar-refractivity contribution in [1.29, 1.82) is 0 Å². The van der Waals surface area contributed by atoms with Gasteiger partial charge in [0.15, 0.2) is 5.82 Å². The third-order valence-corrected chi connectivity index (χ3v) is 3.83. The van der Waals surface area contributed by atoms with Gasteiger partial charge >= 0.3 is 0 Å². The molecule has 1 aromatic carbocycles. The Kier molecular flexibility index (Phi) is 8.76. The van der Waals surface area contributed by atoms with E-state index in [9.17, 15) is 0 Å². The highest BCUT2D eigenvalue weighted by Crippen LogP contribution is 2.20. The van der Waals surface area contributed by atoms with E-state index in [-0.39, 0.29) is 5.41 Å². The Bertz CT molecular complexity index is 605. The van der Waals surface area contributed by atoms with Gasteiger partial charge in [-0.15, -0.1) is 13.2 Å². The third-order valence-electron chi connectivity index (χ3n) is 3.34. The smallest absolute Gasteiger partial charge is 0.232 e. The van der Waals surface area contributed by atoms with Crippen molar-refractivity contribution >= 4 is 21.6 Å². The Morgan fingerprint density at radius 3 is 2.54 bits per heavy atom. The van der Waals surface area contributed by atoms with Crippen LogP contribution in [0.4, 0.5) is 5.69 Å². The summed E-state index contributed by atoms with van der Waals surface area (Å²) in [6.45, 7) is 13.2. The molecule has 2 rings (SSSR count). The zero-order chi connectivity index (χ0) is 18.0. The number of nitrogens with zero attached hydrogens (tertiary/aromatic N) is 2. The van der Waals surface area contributed by atoms with E-state index in [1.807, 2.05) is 12.1 Å². The minimum absolute atomic E-state index is 0.0703. The topological polar surface area (TPSA) is 51.0 Å². The first-order chi connectivity index (χ1) is 11.4. The van der Waals surface area contributed by atoms with Gasteiger partial charge in [-0.3, -0.25) is 0 Å². The van der Waals surface area contributed by atoms with Crippen molar-refractivity contribution in [2.24, 2.45) is 0 Å². The van der Waals surface area contributed by atoms with Crippen LogP contribution in [0.25, 0.3) is 0 Å². The zero-order valence-corrected chi connectivity index (χ0v) is 16.5. The Hall–Kier alpha value is -1.62. The second kappa shape index (κ2) is 10.3. The Balaban J connectivity index is 0.00000139. The maximum absolute atomic E-state index is 5.30. The molecule has 2 aromatic rings. The molecule has 132 valence electrons. The van der Waals surface area contributed by atoms with E-state index in [0.29, 0.717) is 0 Å². The van der Waals surface area contributed by atoms with Gasteiger partial charge in [0.1, 0.15) is 0 Å². The molecule has 1 heterocycles. The summed E-state index contributed by atoms with van der Waals surface area (Å²) in [4.78, 5) is 4.46. The molecule has 0 amide bonds. The molecule has 5 heteroatoms. The van der Waals surface area contributed by atoms with Crippen LogP contribution in [-0.2, 0) is 11.8 Å². The first kappa shape index (κ1) is 20.4. The summed E-state index contributed by atoms with van der Waals surface area (Å²) in [7, 11) is 0. The molecule has 0 radical (unpaired) electrons. The highest BCUT2D eigenvalue weighted by molar-refractivity contribution is 9.10. The van der Waals surface area contributed by atoms with Crippen LogP contribution in [0.3, 0.4) is 0 Å². The van der Waals surface area contributed by atoms with E-state index in [1.165, 1.54) is 0 Å². The molecule has 0 spiro atoms. The van der Waals surface area contributed by atoms with Crippen LogP contribution < -0.4 is 5.32 Å². The van der Waals surface area contributed by atoms with Crippen molar-refractivity contribution in [2.45, 2.75) is 51.9 Å². The van der Waals surface area contributed by atoms with Crippen LogP contribution in [-0.4, -0.2) is 16.7 Å². The van der Waals surface area contributed by atoms with Crippen molar-refractivity contribution in [3.05, 3.63) is 53.6 Å². The van der Waals surface area contributed by atoms with Crippen molar-refractivity contribution < 1.29 is 4.52 Å². The summed E-state index contributed by atoms with van der Waals surface area (Å²) in [6, 6.07) is 8.24. The SMILES string of the molecule is C=C.CC(C)(C)c1nc(CCCCCNc2cccc(Br)c2)no1. The molecule has 24 heavy (non-hydrogen) atoms. The number of hydrogen-bond donors (Lipinski definition) is 1. The average Bonchev–Trinajstić information content (AvgIpc) is 3.02. The monoisotopic (exact) mass is 393 g/mol. The van der Waals surface area contributed by atoms with Crippen LogP contribution in [0.15, 0.2) is 46.4 Å². The molecule has 0 bridgehead atoms. The summed E-state index contributed by atoms with van der Waals surface area (Å²) in [5.74, 6) is 1.55. The van der Waals surface area contributed by atoms with Crippen molar-refractivity contribution in [2.75, 3.05) is 11.9 Å². The predicted octanol–water partition coefficient (Wildman–Crippen LogP) is 5.76. The van der Waals surface area contributed by atoms with Crippen LogP contribution in [0.2, 0.25) is 0 Å². The van der Waals surface area contributed by atoms with Gasteiger partial charge in [0.05, 0.1) is 0 Å². The van der Waals surface area contributed by atoms with Crippen LogP contribution >= 0.6 is 15.9 Å². The molecule has 0 unspecified atom stereocenters. The summed E-state index contributed by atoms with van der Waals surface area (Å²) in [5.41, 5.74) is 1.08. The lowest BCUT2D eigenvalue weighted by molar-refractivity contribution is 0.318. The van der Waals surface area contributed by atoms with Gasteiger partial charge in [0.2, 0.25) is 5.89 Å². The van der Waals surface area contributed by atoms with Gasteiger partial charge in [-0.2, -0.15) is 4.98 Å². The van der Waals surface area contributed by atoms with E-state index < -0.39 is 0 Å². The Morgan fingerprint density at radius 2 is 1.92 bits per heavy atom. The number of anilines is 1. The lowest BCUT2D eigenvalue weighted by atomic mass is 9.97. The molecule has 0 saturated heterocycles. The van der Waals surface area contributed by atoms with E-state index in [1.54, 1.807) is 0 Å². The standard InChI is InChI=1S/C17H24BrN3O.C2H4/c1-17(2,3)16-20-15(21-22-16)10-5-4-6-11-19-14-9-7-8-13(18)12-14;1-2/h7-9,12,19H,4-6,10-11H2,1-3H3;1-2H2. The molecule has 0 aliphatic carbocycles. The fourth-order valence-corrected chi connectivity index (χ4v) is 2.48. The number of benzene rings is 1. The largest absolute Gasteiger partial charge is 0.385 e. The summed E-state index contributed by atoms with van der Waals surface area (Å²) in [6.07, 6.45) is 4.26. The second-order valence-corrected chi connectivity index (χ2v) is 7.43. The Labute approximate surface area is 153 Å². The molecule has 0 aliphatic rings. The molecule has 0 saturated carbocycles. The molecule has 0 fully saturated rings.